The van der Waals surface area contributed by atoms with Crippen molar-refractivity contribution in [3.05, 3.63) is 64.7 Å². The quantitative estimate of drug-likeness (QED) is 0.201. The Morgan fingerprint density at radius 3 is 1.72 bits per heavy atom. The van der Waals surface area contributed by atoms with Crippen LogP contribution in [0, 0.1) is 13.8 Å². The number of fused-ring (bicyclic) bond motifs is 1. The second kappa shape index (κ2) is 13.8. The Balaban J connectivity index is 2.44. The van der Waals surface area contributed by atoms with Crippen LogP contribution >= 0.6 is 15.2 Å². The molecule has 2 amide bonds. The predicted octanol–water partition coefficient (Wildman–Crippen LogP) is 8.12. The van der Waals surface area contributed by atoms with Gasteiger partial charge in [0.2, 0.25) is 0 Å². The van der Waals surface area contributed by atoms with Crippen LogP contribution < -0.4 is 4.90 Å². The van der Waals surface area contributed by atoms with Crippen molar-refractivity contribution >= 4 is 32.9 Å². The summed E-state index contributed by atoms with van der Waals surface area (Å²) in [6, 6.07) is 12.6. The first-order valence-electron chi connectivity index (χ1n) is 14.7. The van der Waals surface area contributed by atoms with E-state index in [0.29, 0.717) is 16.8 Å². The molecule has 0 saturated carbocycles. The van der Waals surface area contributed by atoms with Crippen molar-refractivity contribution in [2.75, 3.05) is 31.3 Å². The Hall–Kier alpha value is -2.32. The molecular formula is C31H45NO9P2. The second-order valence-electron chi connectivity index (χ2n) is 11.3. The summed E-state index contributed by atoms with van der Waals surface area (Å²) in [7, 11) is -8.53. The number of carbonyl (C=O) groups is 2. The van der Waals surface area contributed by atoms with E-state index in [4.69, 9.17) is 22.8 Å². The first-order chi connectivity index (χ1) is 20.1. The molecule has 0 fully saturated rings. The molecule has 10 nitrogen and oxygen atoms in total. The van der Waals surface area contributed by atoms with Crippen LogP contribution in [0.15, 0.2) is 42.5 Å². The van der Waals surface area contributed by atoms with Crippen molar-refractivity contribution in [3.63, 3.8) is 0 Å². The van der Waals surface area contributed by atoms with Gasteiger partial charge in [0.15, 0.2) is 5.40 Å². The van der Waals surface area contributed by atoms with Crippen LogP contribution in [0.5, 0.6) is 0 Å². The summed E-state index contributed by atoms with van der Waals surface area (Å²) >= 11 is 0. The number of hydrogen-bond donors (Lipinski definition) is 0. The molecule has 0 radical (unpaired) electrons. The van der Waals surface area contributed by atoms with Gasteiger partial charge in [-0.2, -0.15) is 0 Å². The van der Waals surface area contributed by atoms with E-state index in [9.17, 15) is 18.7 Å². The number of rotatable bonds is 13. The molecule has 1 atom stereocenters. The third-order valence-electron chi connectivity index (χ3n) is 7.00. The van der Waals surface area contributed by atoms with E-state index in [1.165, 1.54) is 0 Å². The number of benzene rings is 2. The van der Waals surface area contributed by atoms with Crippen LogP contribution in [0.25, 0.3) is 0 Å². The standard InChI is InChI=1S/C31H45NO9P2/c1-10-37-42(35,38-11-2)27(43(36,39-12-3)40-13-4)21-31(24-17-14-22(5)15-18-24)25-20-23(6)16-19-26(25)32(28(31)33)29(34)41-30(7,8)9/h14-20,27H,10-13,21H2,1-9H3/t31-/m1/s1. The molecule has 0 aromatic heterocycles. The maximum Gasteiger partial charge on any atom is 0.421 e. The van der Waals surface area contributed by atoms with Crippen LogP contribution in [0.3, 0.4) is 0 Å². The fourth-order valence-corrected chi connectivity index (χ4v) is 10.8. The topological polar surface area (TPSA) is 118 Å². The summed E-state index contributed by atoms with van der Waals surface area (Å²) < 4.78 is 57.9. The van der Waals surface area contributed by atoms with E-state index < -0.39 is 43.6 Å². The SMILES string of the molecule is CCOP(=O)(OCC)C(C[C@]1(c2ccc(C)cc2)C(=O)N(C(=O)OC(C)(C)C)c2ccc(C)cc21)P(=O)(OCC)OCC. The highest BCUT2D eigenvalue weighted by atomic mass is 31.2. The molecule has 0 spiro atoms. The number of amides is 2. The van der Waals surface area contributed by atoms with Gasteiger partial charge in [0.1, 0.15) is 11.0 Å². The van der Waals surface area contributed by atoms with Crippen LogP contribution in [0.1, 0.15) is 77.1 Å². The third kappa shape index (κ3) is 7.16. The highest BCUT2D eigenvalue weighted by molar-refractivity contribution is 7.72. The molecule has 0 N–H and O–H groups in total. The second-order valence-corrected chi connectivity index (χ2v) is 16.2. The summed E-state index contributed by atoms with van der Waals surface area (Å²) in [6.45, 7) is 15.4. The molecule has 2 aromatic carbocycles. The largest absolute Gasteiger partial charge is 0.443 e. The molecule has 0 bridgehead atoms. The fraction of sp³-hybridized carbons (Fsp3) is 0.548. The lowest BCUT2D eigenvalue weighted by atomic mass is 9.72. The average Bonchev–Trinajstić information content (AvgIpc) is 3.14. The molecule has 2 aromatic rings. The highest BCUT2D eigenvalue weighted by Crippen LogP contribution is 2.73. The predicted molar refractivity (Wildman–Crippen MR) is 167 cm³/mol. The summed E-state index contributed by atoms with van der Waals surface area (Å²) in [5.41, 5.74) is 0.499. The minimum absolute atomic E-state index is 0.0166. The van der Waals surface area contributed by atoms with Gasteiger partial charge in [-0.25, -0.2) is 9.69 Å². The molecule has 238 valence electrons. The van der Waals surface area contributed by atoms with Crippen molar-refractivity contribution < 1.29 is 41.6 Å². The minimum atomic E-state index is -4.26. The number of aryl methyl sites for hydroxylation is 2. The molecule has 0 aliphatic carbocycles. The Labute approximate surface area is 255 Å². The number of hydrogen-bond acceptors (Lipinski definition) is 9. The van der Waals surface area contributed by atoms with E-state index in [0.717, 1.165) is 16.0 Å². The number of nitrogens with zero attached hydrogens (tertiary/aromatic N) is 1. The van der Waals surface area contributed by atoms with Crippen LogP contribution in [0.2, 0.25) is 0 Å². The Bertz CT molecular complexity index is 1350. The fourth-order valence-electron chi connectivity index (χ4n) is 5.33. The van der Waals surface area contributed by atoms with Crippen molar-refractivity contribution in [1.82, 2.24) is 0 Å². The molecule has 43 heavy (non-hydrogen) atoms. The molecule has 0 saturated heterocycles. The van der Waals surface area contributed by atoms with E-state index in [2.05, 4.69) is 0 Å². The van der Waals surface area contributed by atoms with Gasteiger partial charge in [-0.05, 0) is 85.9 Å². The van der Waals surface area contributed by atoms with Gasteiger partial charge < -0.3 is 22.8 Å². The first-order valence-corrected chi connectivity index (χ1v) is 17.9. The smallest absolute Gasteiger partial charge is 0.421 e. The van der Waals surface area contributed by atoms with Crippen molar-refractivity contribution in [2.24, 2.45) is 0 Å². The number of ether oxygens (including phenoxy) is 1. The van der Waals surface area contributed by atoms with Gasteiger partial charge in [-0.1, -0.05) is 47.5 Å². The zero-order chi connectivity index (χ0) is 32.2. The summed E-state index contributed by atoms with van der Waals surface area (Å²) in [5.74, 6) is -0.643. The van der Waals surface area contributed by atoms with Gasteiger partial charge >= 0.3 is 21.3 Å². The highest BCUT2D eigenvalue weighted by Gasteiger charge is 2.62. The number of carbonyl (C=O) groups excluding carboxylic acids is 2. The zero-order valence-corrected chi connectivity index (χ0v) is 28.5. The van der Waals surface area contributed by atoms with Crippen LogP contribution in [0.4, 0.5) is 10.5 Å². The van der Waals surface area contributed by atoms with E-state index >= 15 is 0 Å². The lowest BCUT2D eigenvalue weighted by molar-refractivity contribution is -0.121. The zero-order valence-electron chi connectivity index (χ0n) is 26.7. The van der Waals surface area contributed by atoms with Crippen LogP contribution in [-0.4, -0.2) is 49.4 Å². The Morgan fingerprint density at radius 2 is 1.28 bits per heavy atom. The Kier molecular flexibility index (Phi) is 11.3. The van der Waals surface area contributed by atoms with Crippen molar-refractivity contribution in [1.29, 1.82) is 0 Å². The van der Waals surface area contributed by atoms with Gasteiger partial charge in [0.05, 0.1) is 32.1 Å². The maximum atomic E-state index is 14.9. The van der Waals surface area contributed by atoms with Gasteiger partial charge in [-0.15, -0.1) is 0 Å². The van der Waals surface area contributed by atoms with Gasteiger partial charge in [-0.3, -0.25) is 13.9 Å². The van der Waals surface area contributed by atoms with Crippen molar-refractivity contribution in [3.8, 4) is 0 Å². The molecule has 12 heteroatoms. The lowest BCUT2D eigenvalue weighted by Crippen LogP contribution is -2.47. The lowest BCUT2D eigenvalue weighted by Gasteiger charge is -2.37. The molecule has 3 rings (SSSR count). The summed E-state index contributed by atoms with van der Waals surface area (Å²) in [5, 5.41) is -1.52. The molecule has 0 unspecified atom stereocenters. The van der Waals surface area contributed by atoms with E-state index in [1.807, 2.05) is 32.0 Å². The normalized spacial score (nSPS) is 17.4. The summed E-state index contributed by atoms with van der Waals surface area (Å²) in [6.07, 6.45) is -1.22. The molecule has 1 aliphatic rings. The maximum absolute atomic E-state index is 14.9. The van der Waals surface area contributed by atoms with E-state index in [1.54, 1.807) is 72.7 Å². The van der Waals surface area contributed by atoms with Gasteiger partial charge in [0.25, 0.3) is 5.91 Å². The monoisotopic (exact) mass is 637 g/mol. The molecule has 1 aliphatic heterocycles. The number of anilines is 1. The third-order valence-corrected chi connectivity index (χ3v) is 13.0. The average molecular weight is 638 g/mol. The van der Waals surface area contributed by atoms with E-state index in [-0.39, 0.29) is 32.8 Å². The van der Waals surface area contributed by atoms with Crippen LogP contribution in [-0.2, 0) is 42.2 Å². The number of imide groups is 1. The summed E-state index contributed by atoms with van der Waals surface area (Å²) in [4.78, 5) is 29.6. The minimum Gasteiger partial charge on any atom is -0.443 e. The molecule has 1 heterocycles. The first kappa shape index (κ1) is 35.2. The Morgan fingerprint density at radius 1 is 0.814 bits per heavy atom. The molecular weight excluding hydrogens is 592 g/mol. The van der Waals surface area contributed by atoms with Crippen molar-refractivity contribution in [2.45, 2.75) is 85.2 Å². The van der Waals surface area contributed by atoms with Gasteiger partial charge in [0, 0.05) is 0 Å².